The number of ether oxygens (including phenoxy) is 1. The normalized spacial score (nSPS) is 8.53. The van der Waals surface area contributed by atoms with Crippen LogP contribution in [-0.4, -0.2) is 12.4 Å². The molecule has 0 bridgehead atoms. The summed E-state index contributed by atoms with van der Waals surface area (Å²) in [5.74, 6) is 7.14. The van der Waals surface area contributed by atoms with E-state index in [0.29, 0.717) is 18.8 Å². The van der Waals surface area contributed by atoms with Gasteiger partial charge in [-0.2, -0.15) is 17.9 Å². The first kappa shape index (κ1) is 11.5. The van der Waals surface area contributed by atoms with Crippen molar-refractivity contribution in [2.24, 2.45) is 0 Å². The summed E-state index contributed by atoms with van der Waals surface area (Å²) in [6.45, 7) is 0.429. The smallest absolute Gasteiger partial charge is 0.119 e. The van der Waals surface area contributed by atoms with Crippen LogP contribution in [0.1, 0.15) is 12.0 Å². The van der Waals surface area contributed by atoms with Gasteiger partial charge < -0.3 is 4.74 Å². The number of rotatable bonds is 3. The van der Waals surface area contributed by atoms with Crippen molar-refractivity contribution in [2.75, 3.05) is 12.4 Å². The van der Waals surface area contributed by atoms with Crippen molar-refractivity contribution in [1.82, 2.24) is 0 Å². The Labute approximate surface area is 95.3 Å². The maximum atomic E-state index is 8.33. The van der Waals surface area contributed by atoms with Crippen molar-refractivity contribution in [2.45, 2.75) is 6.42 Å². The van der Waals surface area contributed by atoms with E-state index in [4.69, 9.17) is 10.00 Å². The molecule has 0 N–H and O–H groups in total. The quantitative estimate of drug-likeness (QED) is 0.478. The van der Waals surface area contributed by atoms with Crippen molar-refractivity contribution in [3.63, 3.8) is 0 Å². The first-order valence-electron chi connectivity index (χ1n) is 4.56. The Morgan fingerprint density at radius 1 is 1.27 bits per heavy atom. The first-order chi connectivity index (χ1) is 7.36. The van der Waals surface area contributed by atoms with E-state index >= 15 is 0 Å². The van der Waals surface area contributed by atoms with E-state index in [1.165, 1.54) is 0 Å². The van der Waals surface area contributed by atoms with E-state index < -0.39 is 0 Å². The molecule has 0 aliphatic heterocycles. The molecule has 0 radical (unpaired) electrons. The summed E-state index contributed by atoms with van der Waals surface area (Å²) in [6, 6.07) is 9.49. The minimum absolute atomic E-state index is 0.404. The zero-order valence-corrected chi connectivity index (χ0v) is 9.13. The van der Waals surface area contributed by atoms with Crippen LogP contribution in [0.3, 0.4) is 0 Å². The van der Waals surface area contributed by atoms with Crippen LogP contribution in [0.5, 0.6) is 5.75 Å². The molecule has 0 heterocycles. The molecule has 0 fully saturated rings. The van der Waals surface area contributed by atoms with E-state index in [1.54, 1.807) is 0 Å². The fourth-order valence-electron chi connectivity index (χ4n) is 0.991. The Bertz CT molecular complexity index is 394. The molecule has 0 saturated heterocycles. The van der Waals surface area contributed by atoms with E-state index in [1.807, 2.05) is 30.3 Å². The number of hydrogen-bond donors (Lipinski definition) is 1. The molecule has 1 aromatic carbocycles. The molecule has 1 rings (SSSR count). The predicted molar refractivity (Wildman–Crippen MR) is 62.9 cm³/mol. The van der Waals surface area contributed by atoms with Gasteiger partial charge >= 0.3 is 0 Å². The van der Waals surface area contributed by atoms with Crippen LogP contribution in [0.25, 0.3) is 0 Å². The molecule has 15 heavy (non-hydrogen) atoms. The van der Waals surface area contributed by atoms with Crippen LogP contribution in [0, 0.1) is 23.2 Å². The zero-order chi connectivity index (χ0) is 10.9. The lowest BCUT2D eigenvalue weighted by Gasteiger charge is -2.02. The molecule has 0 saturated carbocycles. The van der Waals surface area contributed by atoms with Crippen molar-refractivity contribution >= 4 is 12.6 Å². The van der Waals surface area contributed by atoms with Crippen LogP contribution in [-0.2, 0) is 0 Å². The Kier molecular flexibility index (Phi) is 5.22. The molecule has 0 amide bonds. The van der Waals surface area contributed by atoms with Crippen LogP contribution in [0.15, 0.2) is 24.3 Å². The highest BCUT2D eigenvalue weighted by molar-refractivity contribution is 7.80. The fraction of sp³-hybridized carbons (Fsp3) is 0.250. The van der Waals surface area contributed by atoms with Crippen molar-refractivity contribution in [3.05, 3.63) is 29.8 Å². The average Bonchev–Trinajstić information content (AvgIpc) is 2.28. The summed E-state index contributed by atoms with van der Waals surface area (Å²) in [5.41, 5.74) is 0.941. The summed E-state index contributed by atoms with van der Waals surface area (Å²) in [7, 11) is 0. The average molecular weight is 217 g/mol. The monoisotopic (exact) mass is 217 g/mol. The molecule has 2 nitrogen and oxygen atoms in total. The van der Waals surface area contributed by atoms with Gasteiger partial charge in [-0.05, 0) is 24.3 Å². The zero-order valence-electron chi connectivity index (χ0n) is 8.23. The van der Waals surface area contributed by atoms with Crippen LogP contribution in [0.2, 0.25) is 0 Å². The van der Waals surface area contributed by atoms with Crippen molar-refractivity contribution < 1.29 is 4.74 Å². The molecule has 0 aliphatic carbocycles. The van der Waals surface area contributed by atoms with Gasteiger partial charge in [0.2, 0.25) is 0 Å². The number of thiol groups is 1. The number of hydrogen-bond acceptors (Lipinski definition) is 3. The van der Waals surface area contributed by atoms with E-state index in [9.17, 15) is 0 Å². The highest BCUT2D eigenvalue weighted by Gasteiger charge is 1.92. The Morgan fingerprint density at radius 2 is 2.00 bits per heavy atom. The molecule has 1 aromatic rings. The molecule has 76 valence electrons. The summed E-state index contributed by atoms with van der Waals surface area (Å²) < 4.78 is 5.32. The number of nitriles is 1. The predicted octanol–water partition coefficient (Wildman–Crippen LogP) is 2.26. The van der Waals surface area contributed by atoms with Gasteiger partial charge in [-0.3, -0.25) is 0 Å². The summed E-state index contributed by atoms with van der Waals surface area (Å²) in [6.07, 6.45) is 0.404. The molecular weight excluding hydrogens is 206 g/mol. The Morgan fingerprint density at radius 3 is 2.60 bits per heavy atom. The van der Waals surface area contributed by atoms with Crippen molar-refractivity contribution in [1.29, 1.82) is 5.26 Å². The van der Waals surface area contributed by atoms with E-state index in [2.05, 4.69) is 24.5 Å². The maximum absolute atomic E-state index is 8.33. The number of benzene rings is 1. The van der Waals surface area contributed by atoms with Gasteiger partial charge in [0.15, 0.2) is 0 Å². The van der Waals surface area contributed by atoms with Gasteiger partial charge in [0, 0.05) is 5.56 Å². The molecule has 0 aromatic heterocycles. The van der Waals surface area contributed by atoms with Gasteiger partial charge in [-0.15, -0.1) is 0 Å². The van der Waals surface area contributed by atoms with Gasteiger partial charge in [-0.25, -0.2) is 0 Å². The highest BCUT2D eigenvalue weighted by atomic mass is 32.1. The van der Waals surface area contributed by atoms with Crippen LogP contribution < -0.4 is 4.74 Å². The lowest BCUT2D eigenvalue weighted by Crippen LogP contribution is -1.95. The Hall–Kier alpha value is -1.58. The van der Waals surface area contributed by atoms with E-state index in [-0.39, 0.29) is 0 Å². The van der Waals surface area contributed by atoms with Gasteiger partial charge in [-0.1, -0.05) is 11.8 Å². The molecular formula is C12H11NOS. The highest BCUT2D eigenvalue weighted by Crippen LogP contribution is 2.11. The second-order valence-corrected chi connectivity index (χ2v) is 3.06. The second-order valence-electron chi connectivity index (χ2n) is 2.74. The molecule has 0 aliphatic rings. The minimum atomic E-state index is 0.404. The third-order valence-corrected chi connectivity index (χ3v) is 1.81. The third-order valence-electron chi connectivity index (χ3n) is 1.65. The minimum Gasteiger partial charge on any atom is -0.493 e. The standard InChI is InChI=1S/C12H11NOS/c13-8-2-9-14-12-6-4-11(5-7-12)3-1-10-15/h4-7,15H,2,9-10H2. The lowest BCUT2D eigenvalue weighted by atomic mass is 10.2. The third kappa shape index (κ3) is 4.44. The molecule has 0 spiro atoms. The topological polar surface area (TPSA) is 33.0 Å². The van der Waals surface area contributed by atoms with Gasteiger partial charge in [0.05, 0.1) is 18.2 Å². The maximum Gasteiger partial charge on any atom is 0.119 e. The SMILES string of the molecule is N#CCCOc1ccc(C#CCS)cc1. The van der Waals surface area contributed by atoms with E-state index in [0.717, 1.165) is 11.3 Å². The molecule has 3 heteroatoms. The Balaban J connectivity index is 2.53. The number of nitrogens with zero attached hydrogens (tertiary/aromatic N) is 1. The fourth-order valence-corrected chi connectivity index (χ4v) is 1.07. The summed E-state index contributed by atoms with van der Waals surface area (Å²) in [4.78, 5) is 0. The van der Waals surface area contributed by atoms with Crippen LogP contribution >= 0.6 is 12.6 Å². The largest absolute Gasteiger partial charge is 0.493 e. The summed E-state index contributed by atoms with van der Waals surface area (Å²) in [5, 5.41) is 8.33. The van der Waals surface area contributed by atoms with Gasteiger partial charge in [0.25, 0.3) is 0 Å². The van der Waals surface area contributed by atoms with Crippen molar-refractivity contribution in [3.8, 4) is 23.7 Å². The first-order valence-corrected chi connectivity index (χ1v) is 5.19. The second kappa shape index (κ2) is 6.81. The summed E-state index contributed by atoms with van der Waals surface area (Å²) >= 11 is 4.00. The molecule has 0 atom stereocenters. The van der Waals surface area contributed by atoms with Crippen LogP contribution in [0.4, 0.5) is 0 Å². The van der Waals surface area contributed by atoms with Gasteiger partial charge in [0.1, 0.15) is 12.4 Å². The molecule has 0 unspecified atom stereocenters. The lowest BCUT2D eigenvalue weighted by molar-refractivity contribution is 0.326.